The Bertz CT molecular complexity index is 392. The van der Waals surface area contributed by atoms with E-state index in [0.717, 1.165) is 10.9 Å². The first-order chi connectivity index (χ1) is 5.27. The summed E-state index contributed by atoms with van der Waals surface area (Å²) in [5.41, 5.74) is 1.05. The summed E-state index contributed by atoms with van der Waals surface area (Å²) in [6.45, 7) is 0. The molecule has 55 valence electrons. The van der Waals surface area contributed by atoms with E-state index >= 15 is 0 Å². The fourth-order valence-electron chi connectivity index (χ4n) is 1.07. The van der Waals surface area contributed by atoms with Crippen molar-refractivity contribution >= 4 is 22.5 Å². The van der Waals surface area contributed by atoms with Crippen LogP contribution in [0.5, 0.6) is 0 Å². The number of nitrogens with zero attached hydrogens (tertiary/aromatic N) is 2. The maximum Gasteiger partial charge on any atom is 0.129 e. The number of aromatic nitrogens is 2. The third-order valence-corrected chi connectivity index (χ3v) is 1.86. The van der Waals surface area contributed by atoms with E-state index in [1.54, 1.807) is 6.20 Å². The van der Waals surface area contributed by atoms with Gasteiger partial charge in [0.1, 0.15) is 5.15 Å². The highest BCUT2D eigenvalue weighted by Gasteiger charge is 1.98. The molecule has 0 saturated heterocycles. The van der Waals surface area contributed by atoms with Gasteiger partial charge in [0.15, 0.2) is 0 Å². The molecule has 0 aliphatic rings. The molecule has 2 heterocycles. The smallest absolute Gasteiger partial charge is 0.129 e. The molecule has 2 aromatic rings. The van der Waals surface area contributed by atoms with Crippen molar-refractivity contribution in [1.82, 2.24) is 9.55 Å². The molecule has 2 rings (SSSR count). The summed E-state index contributed by atoms with van der Waals surface area (Å²) >= 11 is 5.69. The lowest BCUT2D eigenvalue weighted by molar-refractivity contribution is 0.956. The zero-order valence-corrected chi connectivity index (χ0v) is 6.76. The summed E-state index contributed by atoms with van der Waals surface area (Å²) in [4.78, 5) is 3.96. The fraction of sp³-hybridized carbons (Fsp3) is 0.125. The van der Waals surface area contributed by atoms with Crippen LogP contribution in [0.2, 0.25) is 5.15 Å². The first-order valence-corrected chi connectivity index (χ1v) is 3.64. The van der Waals surface area contributed by atoms with Gasteiger partial charge in [0.05, 0.1) is 17.9 Å². The van der Waals surface area contributed by atoms with Crippen molar-refractivity contribution < 1.29 is 0 Å². The molecule has 2 aromatic heterocycles. The summed E-state index contributed by atoms with van der Waals surface area (Å²) in [5.74, 6) is 0. The Morgan fingerprint density at radius 1 is 1.64 bits per heavy atom. The van der Waals surface area contributed by atoms with Crippen molar-refractivity contribution in [2.75, 3.05) is 0 Å². The lowest BCUT2D eigenvalue weighted by atomic mass is 10.3. The maximum atomic E-state index is 5.69. The number of hydrogen-bond acceptors (Lipinski definition) is 1. The molecule has 0 atom stereocenters. The van der Waals surface area contributed by atoms with Crippen LogP contribution in [0.4, 0.5) is 0 Å². The second kappa shape index (κ2) is 2.24. The van der Waals surface area contributed by atoms with E-state index in [-0.39, 0.29) is 0 Å². The van der Waals surface area contributed by atoms with E-state index in [2.05, 4.69) is 11.2 Å². The van der Waals surface area contributed by atoms with Crippen LogP contribution in [0.15, 0.2) is 18.3 Å². The molecule has 0 amide bonds. The van der Waals surface area contributed by atoms with E-state index < -0.39 is 0 Å². The molecular formula is C8H6ClN2. The van der Waals surface area contributed by atoms with Gasteiger partial charge in [0, 0.05) is 12.4 Å². The highest BCUT2D eigenvalue weighted by Crippen LogP contribution is 2.16. The summed E-state index contributed by atoms with van der Waals surface area (Å²) < 4.78 is 1.89. The largest absolute Gasteiger partial charge is 0.341 e. The Labute approximate surface area is 69.4 Å². The maximum absolute atomic E-state index is 5.69. The minimum atomic E-state index is 0.525. The van der Waals surface area contributed by atoms with Gasteiger partial charge in [0.2, 0.25) is 0 Å². The second-order valence-electron chi connectivity index (χ2n) is 2.40. The van der Waals surface area contributed by atoms with Gasteiger partial charge in [-0.1, -0.05) is 11.6 Å². The van der Waals surface area contributed by atoms with E-state index in [0.29, 0.717) is 5.15 Å². The van der Waals surface area contributed by atoms with Crippen LogP contribution in [0, 0.1) is 6.20 Å². The monoisotopic (exact) mass is 165 g/mol. The van der Waals surface area contributed by atoms with Gasteiger partial charge in [-0.2, -0.15) is 0 Å². The first kappa shape index (κ1) is 6.68. The number of pyridine rings is 1. The van der Waals surface area contributed by atoms with Crippen molar-refractivity contribution in [2.24, 2.45) is 7.05 Å². The molecule has 0 aliphatic heterocycles. The Morgan fingerprint density at radius 3 is 3.27 bits per heavy atom. The molecule has 1 radical (unpaired) electrons. The van der Waals surface area contributed by atoms with Crippen LogP contribution in [-0.2, 0) is 7.05 Å². The summed E-state index contributed by atoms with van der Waals surface area (Å²) in [5, 5.41) is 1.60. The molecule has 0 spiro atoms. The van der Waals surface area contributed by atoms with Crippen molar-refractivity contribution in [3.63, 3.8) is 0 Å². The fourth-order valence-corrected chi connectivity index (χ4v) is 1.23. The molecule has 0 aliphatic carbocycles. The van der Waals surface area contributed by atoms with Crippen molar-refractivity contribution in [1.29, 1.82) is 0 Å². The molecule has 0 fully saturated rings. The average Bonchev–Trinajstić information content (AvgIpc) is 2.32. The normalized spacial score (nSPS) is 10.7. The highest BCUT2D eigenvalue weighted by molar-refractivity contribution is 6.30. The van der Waals surface area contributed by atoms with Crippen LogP contribution in [0.3, 0.4) is 0 Å². The van der Waals surface area contributed by atoms with Gasteiger partial charge in [-0.05, 0) is 12.1 Å². The summed E-state index contributed by atoms with van der Waals surface area (Å²) in [6, 6.07) is 3.72. The number of rotatable bonds is 0. The zero-order valence-electron chi connectivity index (χ0n) is 6.00. The molecular weight excluding hydrogens is 160 g/mol. The van der Waals surface area contributed by atoms with Crippen LogP contribution in [0.25, 0.3) is 10.9 Å². The van der Waals surface area contributed by atoms with E-state index in [1.807, 2.05) is 23.7 Å². The number of hydrogen-bond donors (Lipinski definition) is 0. The minimum Gasteiger partial charge on any atom is -0.341 e. The SMILES string of the molecule is Cn1[c]cc2cc(Cl)ncc21. The quantitative estimate of drug-likeness (QED) is 0.547. The molecule has 0 unspecified atom stereocenters. The van der Waals surface area contributed by atoms with Crippen molar-refractivity contribution in [2.45, 2.75) is 0 Å². The lowest BCUT2D eigenvalue weighted by Gasteiger charge is -1.93. The number of fused-ring (bicyclic) bond motifs is 1. The van der Waals surface area contributed by atoms with Gasteiger partial charge in [-0.3, -0.25) is 0 Å². The Morgan fingerprint density at radius 2 is 2.45 bits per heavy atom. The zero-order chi connectivity index (χ0) is 7.84. The van der Waals surface area contributed by atoms with Gasteiger partial charge >= 0.3 is 0 Å². The molecule has 0 saturated carbocycles. The van der Waals surface area contributed by atoms with E-state index in [4.69, 9.17) is 11.6 Å². The standard InChI is InChI=1S/C8H6ClN2/c1-11-3-2-6-4-8(9)10-5-7(6)11/h2,4-5H,1H3. The average molecular weight is 166 g/mol. The Kier molecular flexibility index (Phi) is 1.36. The highest BCUT2D eigenvalue weighted by atomic mass is 35.5. The Hall–Kier alpha value is -1.02. The van der Waals surface area contributed by atoms with E-state index in [1.165, 1.54) is 0 Å². The van der Waals surface area contributed by atoms with Crippen molar-refractivity contribution in [3.8, 4) is 0 Å². The van der Waals surface area contributed by atoms with Gasteiger partial charge in [-0.15, -0.1) is 0 Å². The molecule has 0 aromatic carbocycles. The molecule has 11 heavy (non-hydrogen) atoms. The van der Waals surface area contributed by atoms with Crippen LogP contribution in [-0.4, -0.2) is 9.55 Å². The van der Waals surface area contributed by atoms with Gasteiger partial charge in [-0.25, -0.2) is 4.98 Å². The molecule has 0 bridgehead atoms. The predicted octanol–water partition coefficient (Wildman–Crippen LogP) is 2.03. The first-order valence-electron chi connectivity index (χ1n) is 3.26. The third kappa shape index (κ3) is 0.994. The van der Waals surface area contributed by atoms with Crippen molar-refractivity contribution in [3.05, 3.63) is 29.7 Å². The third-order valence-electron chi connectivity index (χ3n) is 1.66. The Balaban J connectivity index is 2.86. The lowest BCUT2D eigenvalue weighted by Crippen LogP contribution is -1.84. The molecule has 2 nitrogen and oxygen atoms in total. The summed E-state index contributed by atoms with van der Waals surface area (Å²) in [6.07, 6.45) is 4.77. The molecule has 3 heteroatoms. The van der Waals surface area contributed by atoms with Crippen LogP contribution < -0.4 is 0 Å². The van der Waals surface area contributed by atoms with Crippen LogP contribution >= 0.6 is 11.6 Å². The predicted molar refractivity (Wildman–Crippen MR) is 44.6 cm³/mol. The van der Waals surface area contributed by atoms with Gasteiger partial charge in [0.25, 0.3) is 0 Å². The topological polar surface area (TPSA) is 17.8 Å². The summed E-state index contributed by atoms with van der Waals surface area (Å²) in [7, 11) is 1.93. The molecule has 0 N–H and O–H groups in total. The van der Waals surface area contributed by atoms with E-state index in [9.17, 15) is 0 Å². The minimum absolute atomic E-state index is 0.525. The number of halogens is 1. The van der Waals surface area contributed by atoms with Crippen LogP contribution in [0.1, 0.15) is 0 Å². The van der Waals surface area contributed by atoms with Gasteiger partial charge < -0.3 is 4.57 Å². The number of aryl methyl sites for hydroxylation is 1. The second-order valence-corrected chi connectivity index (χ2v) is 2.79.